The summed E-state index contributed by atoms with van der Waals surface area (Å²) in [6.07, 6.45) is 1.95. The Bertz CT molecular complexity index is 1060. The Hall–Kier alpha value is -2.26. The van der Waals surface area contributed by atoms with Crippen LogP contribution in [0.25, 0.3) is 31.6 Å². The van der Waals surface area contributed by atoms with Gasteiger partial charge >= 0.3 is 0 Å². The van der Waals surface area contributed by atoms with Crippen LogP contribution in [0.4, 0.5) is 0 Å². The summed E-state index contributed by atoms with van der Waals surface area (Å²) in [6.45, 7) is 6.68. The summed E-state index contributed by atoms with van der Waals surface area (Å²) in [7, 11) is 2.09. The van der Waals surface area contributed by atoms with Gasteiger partial charge in [-0.2, -0.15) is 0 Å². The Morgan fingerprint density at radius 1 is 1.04 bits per heavy atom. The number of rotatable bonds is 2. The fourth-order valence-corrected chi connectivity index (χ4v) is 4.72. The summed E-state index contributed by atoms with van der Waals surface area (Å²) in [5, 5.41) is 1.32. The van der Waals surface area contributed by atoms with Gasteiger partial charge in [-0.25, -0.2) is 4.57 Å². The van der Waals surface area contributed by atoms with Gasteiger partial charge in [-0.3, -0.25) is 0 Å². The zero-order valence-electron chi connectivity index (χ0n) is 14.5. The van der Waals surface area contributed by atoms with Gasteiger partial charge in [0.25, 0.3) is 6.33 Å². The first-order valence-electron chi connectivity index (χ1n) is 8.33. The fraction of sp³-hybridized carbons (Fsp3) is 0.238. The molecule has 120 valence electrons. The molecule has 0 saturated carbocycles. The number of hydrogen-bond donors (Lipinski definition) is 0. The second-order valence-electron chi connectivity index (χ2n) is 6.67. The number of fused-ring (bicyclic) bond motifs is 3. The molecule has 2 aromatic heterocycles. The van der Waals surface area contributed by atoms with E-state index >= 15 is 0 Å². The third-order valence-corrected chi connectivity index (χ3v) is 5.82. The molecule has 0 atom stereocenters. The Morgan fingerprint density at radius 3 is 2.58 bits per heavy atom. The standard InChI is InChI=1S/C21H21N2S/c1-13(2)15-10-7-11-17-18(15)19-21(24-17)20(23(4)12-22-19)16-9-6-5-8-14(16)3/h5-13H,1-4H3/q+1. The van der Waals surface area contributed by atoms with E-state index in [2.05, 4.69) is 74.9 Å². The minimum absolute atomic E-state index is 0.490. The average molecular weight is 333 g/mol. The lowest BCUT2D eigenvalue weighted by atomic mass is 9.98. The first-order valence-corrected chi connectivity index (χ1v) is 9.15. The lowest BCUT2D eigenvalue weighted by Crippen LogP contribution is -2.31. The minimum Gasteiger partial charge on any atom is -0.231 e. The quantitative estimate of drug-likeness (QED) is 0.450. The maximum absolute atomic E-state index is 4.80. The second-order valence-corrected chi connectivity index (χ2v) is 7.73. The Morgan fingerprint density at radius 2 is 1.83 bits per heavy atom. The minimum atomic E-state index is 0.490. The summed E-state index contributed by atoms with van der Waals surface area (Å²) in [6, 6.07) is 15.2. The molecule has 4 aromatic rings. The van der Waals surface area contributed by atoms with Crippen LogP contribution < -0.4 is 4.57 Å². The van der Waals surface area contributed by atoms with Gasteiger partial charge in [0.15, 0.2) is 5.69 Å². The maximum atomic E-state index is 4.80. The smallest absolute Gasteiger partial charge is 0.231 e. The highest BCUT2D eigenvalue weighted by atomic mass is 32.1. The van der Waals surface area contributed by atoms with Crippen LogP contribution in [-0.4, -0.2) is 4.98 Å². The van der Waals surface area contributed by atoms with Gasteiger partial charge in [-0.05, 0) is 35.0 Å². The van der Waals surface area contributed by atoms with Crippen molar-refractivity contribution < 1.29 is 4.57 Å². The molecule has 0 radical (unpaired) electrons. The largest absolute Gasteiger partial charge is 0.287 e. The van der Waals surface area contributed by atoms with Gasteiger partial charge in [0.05, 0.1) is 7.05 Å². The van der Waals surface area contributed by atoms with Crippen molar-refractivity contribution >= 4 is 31.6 Å². The molecule has 0 spiro atoms. The van der Waals surface area contributed by atoms with E-state index in [4.69, 9.17) is 4.98 Å². The van der Waals surface area contributed by atoms with Crippen LogP contribution in [0.5, 0.6) is 0 Å². The van der Waals surface area contributed by atoms with Crippen molar-refractivity contribution in [3.63, 3.8) is 0 Å². The van der Waals surface area contributed by atoms with Crippen LogP contribution in [0.15, 0.2) is 48.8 Å². The molecule has 2 nitrogen and oxygen atoms in total. The second kappa shape index (κ2) is 5.67. The van der Waals surface area contributed by atoms with Crippen LogP contribution in [0.1, 0.15) is 30.9 Å². The molecule has 0 N–H and O–H groups in total. The van der Waals surface area contributed by atoms with Gasteiger partial charge < -0.3 is 0 Å². The van der Waals surface area contributed by atoms with E-state index in [0.29, 0.717) is 5.92 Å². The molecule has 24 heavy (non-hydrogen) atoms. The van der Waals surface area contributed by atoms with E-state index in [0.717, 1.165) is 5.52 Å². The first kappa shape index (κ1) is 15.3. The number of thiophene rings is 1. The number of benzene rings is 2. The SMILES string of the molecule is Cc1ccccc1-c1c2sc3cccc(C(C)C)c3c2nc[n+]1C. The van der Waals surface area contributed by atoms with E-state index < -0.39 is 0 Å². The molecule has 0 aliphatic rings. The topological polar surface area (TPSA) is 16.8 Å². The van der Waals surface area contributed by atoms with Crippen LogP contribution in [-0.2, 0) is 7.05 Å². The Balaban J connectivity index is 2.16. The summed E-state index contributed by atoms with van der Waals surface area (Å²) in [5.41, 5.74) is 6.35. The van der Waals surface area contributed by atoms with E-state index in [-0.39, 0.29) is 0 Å². The Labute approximate surface area is 146 Å². The molecule has 2 aromatic carbocycles. The number of aryl methyl sites for hydroxylation is 2. The molecular weight excluding hydrogens is 312 g/mol. The number of nitrogens with zero attached hydrogens (tertiary/aromatic N) is 2. The van der Waals surface area contributed by atoms with E-state index in [1.165, 1.54) is 37.2 Å². The lowest BCUT2D eigenvalue weighted by molar-refractivity contribution is -0.662. The molecule has 2 heterocycles. The van der Waals surface area contributed by atoms with Crippen molar-refractivity contribution in [2.75, 3.05) is 0 Å². The summed E-state index contributed by atoms with van der Waals surface area (Å²) >= 11 is 1.85. The molecule has 0 unspecified atom stereocenters. The molecule has 0 fully saturated rings. The molecule has 0 aliphatic heterocycles. The summed E-state index contributed by atoms with van der Waals surface area (Å²) < 4.78 is 4.75. The zero-order valence-corrected chi connectivity index (χ0v) is 15.3. The van der Waals surface area contributed by atoms with Gasteiger partial charge in [-0.15, -0.1) is 11.3 Å². The van der Waals surface area contributed by atoms with Crippen LogP contribution in [0.3, 0.4) is 0 Å². The number of aromatic nitrogens is 2. The third kappa shape index (κ3) is 2.23. The normalized spacial score (nSPS) is 11.7. The van der Waals surface area contributed by atoms with Gasteiger partial charge in [-0.1, -0.05) is 50.2 Å². The summed E-state index contributed by atoms with van der Waals surface area (Å²) in [4.78, 5) is 4.80. The fourth-order valence-electron chi connectivity index (χ4n) is 3.44. The molecule has 3 heteroatoms. The predicted octanol–water partition coefficient (Wildman–Crippen LogP) is 5.37. The molecule has 0 amide bonds. The predicted molar refractivity (Wildman–Crippen MR) is 103 cm³/mol. The van der Waals surface area contributed by atoms with Crippen LogP contribution >= 0.6 is 11.3 Å². The highest BCUT2D eigenvalue weighted by molar-refractivity contribution is 7.26. The van der Waals surface area contributed by atoms with Crippen molar-refractivity contribution in [1.29, 1.82) is 0 Å². The third-order valence-electron chi connectivity index (χ3n) is 4.67. The van der Waals surface area contributed by atoms with Crippen molar-refractivity contribution in [1.82, 2.24) is 4.98 Å². The van der Waals surface area contributed by atoms with Crippen molar-refractivity contribution in [3.8, 4) is 11.3 Å². The average Bonchev–Trinajstić information content (AvgIpc) is 2.94. The van der Waals surface area contributed by atoms with Crippen LogP contribution in [0, 0.1) is 6.92 Å². The van der Waals surface area contributed by atoms with Gasteiger partial charge in [0.2, 0.25) is 5.52 Å². The maximum Gasteiger partial charge on any atom is 0.287 e. The monoisotopic (exact) mass is 333 g/mol. The molecule has 0 aliphatic carbocycles. The molecule has 4 rings (SSSR count). The van der Waals surface area contributed by atoms with Gasteiger partial charge in [0.1, 0.15) is 4.70 Å². The molecule has 0 bridgehead atoms. The lowest BCUT2D eigenvalue weighted by Gasteiger charge is -2.07. The van der Waals surface area contributed by atoms with Gasteiger partial charge in [0, 0.05) is 15.6 Å². The summed E-state index contributed by atoms with van der Waals surface area (Å²) in [5.74, 6) is 0.490. The molecule has 0 saturated heterocycles. The van der Waals surface area contributed by atoms with E-state index in [9.17, 15) is 0 Å². The number of hydrogen-bond acceptors (Lipinski definition) is 2. The van der Waals surface area contributed by atoms with E-state index in [1.807, 2.05) is 17.7 Å². The highest BCUT2D eigenvalue weighted by Gasteiger charge is 2.22. The Kier molecular flexibility index (Phi) is 3.61. The van der Waals surface area contributed by atoms with E-state index in [1.54, 1.807) is 0 Å². The van der Waals surface area contributed by atoms with Crippen LogP contribution in [0.2, 0.25) is 0 Å². The first-order chi connectivity index (χ1) is 11.6. The van der Waals surface area contributed by atoms with Crippen molar-refractivity contribution in [3.05, 3.63) is 59.9 Å². The van der Waals surface area contributed by atoms with Crippen molar-refractivity contribution in [2.24, 2.45) is 7.05 Å². The van der Waals surface area contributed by atoms with Crippen molar-refractivity contribution in [2.45, 2.75) is 26.7 Å². The highest BCUT2D eigenvalue weighted by Crippen LogP contribution is 2.40. The zero-order chi connectivity index (χ0) is 16.8. The molecular formula is C21H21N2S+.